The SMILES string of the molecule is C=CC(=O)Nc1cc(Nc2nccc(Nc3cc(F)cc(F)c3)n2)c(OC(F)(F)F)cc1N(C)CCN(C)C. The minimum absolute atomic E-state index is 0.0535. The fourth-order valence-electron chi connectivity index (χ4n) is 3.33. The van der Waals surface area contributed by atoms with Crippen LogP contribution in [-0.4, -0.2) is 61.4 Å². The van der Waals surface area contributed by atoms with Gasteiger partial charge in [-0.1, -0.05) is 6.58 Å². The molecule has 3 rings (SSSR count). The maximum atomic E-state index is 13.5. The second-order valence-corrected chi connectivity index (χ2v) is 8.51. The van der Waals surface area contributed by atoms with E-state index in [1.807, 2.05) is 19.0 Å². The maximum absolute atomic E-state index is 13.5. The monoisotopic (exact) mass is 551 g/mol. The molecule has 0 radical (unpaired) electrons. The summed E-state index contributed by atoms with van der Waals surface area (Å²) < 4.78 is 71.3. The first kappa shape index (κ1) is 29.1. The van der Waals surface area contributed by atoms with E-state index < -0.39 is 29.7 Å². The minimum Gasteiger partial charge on any atom is -0.403 e. The molecule has 3 aromatic rings. The van der Waals surface area contributed by atoms with E-state index in [0.29, 0.717) is 19.2 Å². The highest BCUT2D eigenvalue weighted by molar-refractivity contribution is 6.02. The van der Waals surface area contributed by atoms with Gasteiger partial charge in [-0.15, -0.1) is 13.2 Å². The first-order valence-corrected chi connectivity index (χ1v) is 11.4. The molecule has 9 nitrogen and oxygen atoms in total. The molecule has 0 aliphatic heterocycles. The quantitative estimate of drug-likeness (QED) is 0.220. The summed E-state index contributed by atoms with van der Waals surface area (Å²) in [5.74, 6) is -2.90. The van der Waals surface area contributed by atoms with Crippen LogP contribution in [0.1, 0.15) is 0 Å². The molecule has 0 spiro atoms. The molecule has 0 saturated carbocycles. The third kappa shape index (κ3) is 8.81. The van der Waals surface area contributed by atoms with Crippen molar-refractivity contribution in [2.24, 2.45) is 0 Å². The molecule has 0 aliphatic rings. The average Bonchev–Trinajstić information content (AvgIpc) is 2.82. The van der Waals surface area contributed by atoms with Crippen LogP contribution in [0.4, 0.5) is 56.5 Å². The number of nitrogens with one attached hydrogen (secondary N) is 3. The number of carbonyl (C=O) groups excluding carboxylic acids is 1. The predicted octanol–water partition coefficient (Wildman–Crippen LogP) is 5.26. The van der Waals surface area contributed by atoms with E-state index in [2.05, 4.69) is 37.2 Å². The van der Waals surface area contributed by atoms with Gasteiger partial charge in [0.05, 0.1) is 17.1 Å². The lowest BCUT2D eigenvalue weighted by Crippen LogP contribution is -2.29. The number of likely N-dealkylation sites (N-methyl/N-ethyl adjacent to an activating group) is 2. The lowest BCUT2D eigenvalue weighted by molar-refractivity contribution is -0.274. The number of hydrogen-bond acceptors (Lipinski definition) is 8. The van der Waals surface area contributed by atoms with Crippen molar-refractivity contribution >= 4 is 40.4 Å². The molecule has 0 unspecified atom stereocenters. The Morgan fingerprint density at radius 3 is 2.33 bits per heavy atom. The van der Waals surface area contributed by atoms with E-state index in [1.165, 1.54) is 18.3 Å². The van der Waals surface area contributed by atoms with Crippen molar-refractivity contribution in [2.75, 3.05) is 55.1 Å². The molecule has 0 fully saturated rings. The van der Waals surface area contributed by atoms with Crippen LogP contribution in [0.5, 0.6) is 5.75 Å². The average molecular weight is 552 g/mol. The zero-order chi connectivity index (χ0) is 28.7. The van der Waals surface area contributed by atoms with Crippen LogP contribution in [0.25, 0.3) is 0 Å². The predicted molar refractivity (Wildman–Crippen MR) is 139 cm³/mol. The maximum Gasteiger partial charge on any atom is 0.573 e. The van der Waals surface area contributed by atoms with Gasteiger partial charge in [0.15, 0.2) is 5.75 Å². The van der Waals surface area contributed by atoms with Crippen molar-refractivity contribution in [3.8, 4) is 5.75 Å². The molecule has 3 N–H and O–H groups in total. The van der Waals surface area contributed by atoms with Gasteiger partial charge in [-0.25, -0.2) is 13.8 Å². The van der Waals surface area contributed by atoms with Gasteiger partial charge in [-0.3, -0.25) is 4.79 Å². The summed E-state index contributed by atoms with van der Waals surface area (Å²) in [7, 11) is 5.33. The minimum atomic E-state index is -5.03. The molecule has 208 valence electrons. The van der Waals surface area contributed by atoms with Gasteiger partial charge in [0.2, 0.25) is 11.9 Å². The fraction of sp³-hybridized carbons (Fsp3) is 0.240. The molecular weight excluding hydrogens is 525 g/mol. The number of alkyl halides is 3. The smallest absolute Gasteiger partial charge is 0.403 e. The summed E-state index contributed by atoms with van der Waals surface area (Å²) in [6.07, 6.45) is -2.74. The number of amides is 1. The molecule has 0 saturated heterocycles. The fourth-order valence-corrected chi connectivity index (χ4v) is 3.33. The summed E-state index contributed by atoms with van der Waals surface area (Å²) in [5, 5.41) is 7.93. The highest BCUT2D eigenvalue weighted by atomic mass is 19.4. The Morgan fingerprint density at radius 1 is 1.03 bits per heavy atom. The standard InChI is InChI=1S/C25H26F5N7O2/c1-5-23(38)33-18-13-19(21(39-25(28,29)30)14-20(18)37(4)9-8-36(2)3)34-24-31-7-6-22(35-24)32-17-11-15(26)10-16(27)12-17/h5-7,10-14H,1,8-9H2,2-4H3,(H,33,38)(H2,31,32,34,35). The largest absolute Gasteiger partial charge is 0.573 e. The van der Waals surface area contributed by atoms with Crippen LogP contribution in [0.2, 0.25) is 0 Å². The first-order chi connectivity index (χ1) is 18.3. The zero-order valence-electron chi connectivity index (χ0n) is 21.2. The van der Waals surface area contributed by atoms with Crippen molar-refractivity contribution in [3.63, 3.8) is 0 Å². The molecule has 2 aromatic carbocycles. The van der Waals surface area contributed by atoms with Gasteiger partial charge in [0.1, 0.15) is 17.5 Å². The molecule has 1 heterocycles. The van der Waals surface area contributed by atoms with E-state index >= 15 is 0 Å². The van der Waals surface area contributed by atoms with Crippen LogP contribution in [0.3, 0.4) is 0 Å². The normalized spacial score (nSPS) is 11.2. The third-order valence-corrected chi connectivity index (χ3v) is 5.10. The van der Waals surface area contributed by atoms with Crippen LogP contribution in [0.15, 0.2) is 55.3 Å². The number of hydrogen-bond donors (Lipinski definition) is 3. The van der Waals surface area contributed by atoms with E-state index in [4.69, 9.17) is 0 Å². The number of carbonyl (C=O) groups is 1. The van der Waals surface area contributed by atoms with Crippen LogP contribution in [0, 0.1) is 11.6 Å². The number of halogens is 5. The number of nitrogens with zero attached hydrogens (tertiary/aromatic N) is 4. The van der Waals surface area contributed by atoms with Crippen molar-refractivity contribution in [1.29, 1.82) is 0 Å². The Morgan fingerprint density at radius 2 is 1.72 bits per heavy atom. The van der Waals surface area contributed by atoms with Gasteiger partial charge < -0.3 is 30.5 Å². The van der Waals surface area contributed by atoms with Gasteiger partial charge >= 0.3 is 6.36 Å². The van der Waals surface area contributed by atoms with Gasteiger partial charge in [-0.2, -0.15) is 4.98 Å². The zero-order valence-corrected chi connectivity index (χ0v) is 21.2. The number of aromatic nitrogens is 2. The van der Waals surface area contributed by atoms with E-state index in [9.17, 15) is 26.7 Å². The highest BCUT2D eigenvalue weighted by Crippen LogP contribution is 2.40. The Balaban J connectivity index is 2.01. The van der Waals surface area contributed by atoms with E-state index in [0.717, 1.165) is 24.3 Å². The van der Waals surface area contributed by atoms with Crippen molar-refractivity contribution in [3.05, 3.63) is 66.9 Å². The van der Waals surface area contributed by atoms with Crippen molar-refractivity contribution in [2.45, 2.75) is 6.36 Å². The van der Waals surface area contributed by atoms with Gasteiger partial charge in [0, 0.05) is 44.2 Å². The van der Waals surface area contributed by atoms with Gasteiger partial charge in [0.25, 0.3) is 0 Å². The Kier molecular flexibility index (Phi) is 9.24. The topological polar surface area (TPSA) is 94.6 Å². The second-order valence-electron chi connectivity index (χ2n) is 8.51. The Bertz CT molecular complexity index is 1310. The second kappa shape index (κ2) is 12.4. The molecular formula is C25H26F5N7O2. The lowest BCUT2D eigenvalue weighted by Gasteiger charge is -2.26. The Labute approximate surface area is 221 Å². The number of rotatable bonds is 11. The first-order valence-electron chi connectivity index (χ1n) is 11.4. The molecule has 0 aliphatic carbocycles. The highest BCUT2D eigenvalue weighted by Gasteiger charge is 2.33. The van der Waals surface area contributed by atoms with E-state index in [-0.39, 0.29) is 34.5 Å². The molecule has 0 bridgehead atoms. The summed E-state index contributed by atoms with van der Waals surface area (Å²) in [6, 6.07) is 6.53. The number of ether oxygens (including phenoxy) is 1. The van der Waals surface area contributed by atoms with E-state index in [1.54, 1.807) is 11.9 Å². The summed E-state index contributed by atoms with van der Waals surface area (Å²) in [6.45, 7) is 4.40. The van der Waals surface area contributed by atoms with Crippen LogP contribution < -0.4 is 25.6 Å². The molecule has 39 heavy (non-hydrogen) atoms. The molecule has 1 amide bonds. The van der Waals surface area contributed by atoms with Crippen molar-refractivity contribution < 1.29 is 31.5 Å². The molecule has 0 atom stereocenters. The summed E-state index contributed by atoms with van der Waals surface area (Å²) in [5.41, 5.74) is 0.257. The number of anilines is 6. The van der Waals surface area contributed by atoms with Crippen molar-refractivity contribution in [1.82, 2.24) is 14.9 Å². The third-order valence-electron chi connectivity index (χ3n) is 5.10. The van der Waals surface area contributed by atoms with Crippen LogP contribution in [-0.2, 0) is 4.79 Å². The Hall–Kier alpha value is -4.46. The number of benzene rings is 2. The summed E-state index contributed by atoms with van der Waals surface area (Å²) >= 11 is 0. The van der Waals surface area contributed by atoms with Gasteiger partial charge in [-0.05, 0) is 44.4 Å². The molecule has 14 heteroatoms. The molecule has 1 aromatic heterocycles. The lowest BCUT2D eigenvalue weighted by atomic mass is 10.2. The van der Waals surface area contributed by atoms with Crippen LogP contribution >= 0.6 is 0 Å². The summed E-state index contributed by atoms with van der Waals surface area (Å²) in [4.78, 5) is 23.8.